The van der Waals surface area contributed by atoms with Gasteiger partial charge in [-0.3, -0.25) is 9.78 Å². The Bertz CT molecular complexity index is 684. The zero-order valence-corrected chi connectivity index (χ0v) is 14.0. The number of nitrogens with one attached hydrogen (secondary N) is 1. The standard InChI is InChI=1S/C19H22N2O3/c1-3-4-12-24-17-9-7-15(13-18(17)23-2)8-10-19(22)21-16-6-5-11-20-14-16/h5-11,13-14H,3-4,12H2,1-2H3,(H,21,22)/b10-8+. The number of unbranched alkanes of at least 4 members (excludes halogenated alkanes) is 1. The highest BCUT2D eigenvalue weighted by Gasteiger charge is 2.05. The van der Waals surface area contributed by atoms with Gasteiger partial charge in [-0.05, 0) is 42.3 Å². The van der Waals surface area contributed by atoms with Gasteiger partial charge in [-0.25, -0.2) is 0 Å². The van der Waals surface area contributed by atoms with Crippen molar-refractivity contribution >= 4 is 17.7 Å². The number of benzene rings is 1. The van der Waals surface area contributed by atoms with Gasteiger partial charge in [0.25, 0.3) is 0 Å². The Morgan fingerprint density at radius 3 is 2.88 bits per heavy atom. The highest BCUT2D eigenvalue weighted by atomic mass is 16.5. The molecule has 0 aliphatic rings. The molecule has 5 nitrogen and oxygen atoms in total. The maximum Gasteiger partial charge on any atom is 0.248 e. The molecule has 0 atom stereocenters. The molecule has 24 heavy (non-hydrogen) atoms. The van der Waals surface area contributed by atoms with Gasteiger partial charge >= 0.3 is 0 Å². The van der Waals surface area contributed by atoms with Crippen LogP contribution >= 0.6 is 0 Å². The van der Waals surface area contributed by atoms with Crippen molar-refractivity contribution < 1.29 is 14.3 Å². The fraction of sp³-hybridized carbons (Fsp3) is 0.263. The molecule has 0 aliphatic heterocycles. The Balaban J connectivity index is 1.99. The number of carbonyl (C=O) groups excluding carboxylic acids is 1. The first kappa shape index (κ1) is 17.5. The number of rotatable bonds is 8. The van der Waals surface area contributed by atoms with E-state index in [0.29, 0.717) is 23.8 Å². The zero-order chi connectivity index (χ0) is 17.2. The molecule has 0 unspecified atom stereocenters. The van der Waals surface area contributed by atoms with Crippen LogP contribution in [0.3, 0.4) is 0 Å². The number of ether oxygens (including phenoxy) is 2. The Morgan fingerprint density at radius 1 is 1.29 bits per heavy atom. The lowest BCUT2D eigenvalue weighted by Gasteiger charge is -2.10. The molecule has 0 radical (unpaired) electrons. The lowest BCUT2D eigenvalue weighted by Crippen LogP contribution is -2.07. The van der Waals surface area contributed by atoms with Gasteiger partial charge in [-0.2, -0.15) is 0 Å². The monoisotopic (exact) mass is 326 g/mol. The van der Waals surface area contributed by atoms with Crippen LogP contribution in [0.15, 0.2) is 48.8 Å². The second-order valence-corrected chi connectivity index (χ2v) is 5.18. The van der Waals surface area contributed by atoms with Crippen LogP contribution in [0.1, 0.15) is 25.3 Å². The topological polar surface area (TPSA) is 60.5 Å². The molecule has 0 aliphatic carbocycles. The average Bonchev–Trinajstić information content (AvgIpc) is 2.61. The third-order valence-corrected chi connectivity index (χ3v) is 3.30. The van der Waals surface area contributed by atoms with E-state index < -0.39 is 0 Å². The third kappa shape index (κ3) is 5.43. The van der Waals surface area contributed by atoms with Gasteiger partial charge in [0.2, 0.25) is 5.91 Å². The van der Waals surface area contributed by atoms with Crippen LogP contribution in [0.4, 0.5) is 5.69 Å². The summed E-state index contributed by atoms with van der Waals surface area (Å²) in [4.78, 5) is 15.8. The quantitative estimate of drug-likeness (QED) is 0.590. The number of nitrogens with zero attached hydrogens (tertiary/aromatic N) is 1. The predicted octanol–water partition coefficient (Wildman–Crippen LogP) is 3.92. The summed E-state index contributed by atoms with van der Waals surface area (Å²) in [6.45, 7) is 2.78. The summed E-state index contributed by atoms with van der Waals surface area (Å²) in [5.41, 5.74) is 1.51. The van der Waals surface area contributed by atoms with Crippen LogP contribution in [-0.4, -0.2) is 24.6 Å². The van der Waals surface area contributed by atoms with Crippen LogP contribution in [0.5, 0.6) is 11.5 Å². The molecule has 1 N–H and O–H groups in total. The molecule has 0 spiro atoms. The Labute approximate surface area is 142 Å². The van der Waals surface area contributed by atoms with Gasteiger partial charge in [-0.1, -0.05) is 19.4 Å². The van der Waals surface area contributed by atoms with Crippen molar-refractivity contribution in [3.63, 3.8) is 0 Å². The van der Waals surface area contributed by atoms with Crippen LogP contribution in [0, 0.1) is 0 Å². The first-order chi connectivity index (χ1) is 11.7. The van der Waals surface area contributed by atoms with Crippen molar-refractivity contribution in [2.24, 2.45) is 0 Å². The maximum atomic E-state index is 11.9. The minimum Gasteiger partial charge on any atom is -0.493 e. The Hall–Kier alpha value is -2.82. The lowest BCUT2D eigenvalue weighted by atomic mass is 10.2. The zero-order valence-electron chi connectivity index (χ0n) is 14.0. The minimum atomic E-state index is -0.217. The van der Waals surface area contributed by atoms with Crippen LogP contribution < -0.4 is 14.8 Å². The van der Waals surface area contributed by atoms with Gasteiger partial charge in [-0.15, -0.1) is 0 Å². The molecular weight excluding hydrogens is 304 g/mol. The molecule has 1 amide bonds. The molecular formula is C19H22N2O3. The number of carbonyl (C=O) groups is 1. The van der Waals surface area contributed by atoms with E-state index in [-0.39, 0.29) is 5.91 Å². The number of methoxy groups -OCH3 is 1. The number of pyridine rings is 1. The third-order valence-electron chi connectivity index (χ3n) is 3.30. The number of anilines is 1. The van der Waals surface area contributed by atoms with Crippen molar-refractivity contribution in [1.29, 1.82) is 0 Å². The smallest absolute Gasteiger partial charge is 0.248 e. The summed E-state index contributed by atoms with van der Waals surface area (Å²) >= 11 is 0. The van der Waals surface area contributed by atoms with Crippen molar-refractivity contribution in [3.8, 4) is 11.5 Å². The van der Waals surface area contributed by atoms with Gasteiger partial charge in [0.15, 0.2) is 11.5 Å². The van der Waals surface area contributed by atoms with Gasteiger partial charge < -0.3 is 14.8 Å². The number of hydrogen-bond donors (Lipinski definition) is 1. The number of amides is 1. The van der Waals surface area contributed by atoms with Crippen molar-refractivity contribution in [3.05, 3.63) is 54.4 Å². The van der Waals surface area contributed by atoms with Crippen molar-refractivity contribution in [2.75, 3.05) is 19.0 Å². The van der Waals surface area contributed by atoms with E-state index in [9.17, 15) is 4.79 Å². The molecule has 0 saturated heterocycles. The maximum absolute atomic E-state index is 11.9. The fourth-order valence-electron chi connectivity index (χ4n) is 2.03. The Kier molecular flexibility index (Phi) is 6.83. The van der Waals surface area contributed by atoms with Crippen molar-refractivity contribution in [2.45, 2.75) is 19.8 Å². The van der Waals surface area contributed by atoms with Crippen LogP contribution in [0.2, 0.25) is 0 Å². The van der Waals surface area contributed by atoms with E-state index in [0.717, 1.165) is 18.4 Å². The van der Waals surface area contributed by atoms with Crippen molar-refractivity contribution in [1.82, 2.24) is 4.98 Å². The van der Waals surface area contributed by atoms with E-state index in [1.807, 2.05) is 18.2 Å². The molecule has 0 saturated carbocycles. The van der Waals surface area contributed by atoms with E-state index in [1.54, 1.807) is 37.7 Å². The largest absolute Gasteiger partial charge is 0.493 e. The van der Waals surface area contributed by atoms with E-state index >= 15 is 0 Å². The predicted molar refractivity (Wildman–Crippen MR) is 95.3 cm³/mol. The van der Waals surface area contributed by atoms with Gasteiger partial charge in [0.1, 0.15) is 0 Å². The SMILES string of the molecule is CCCCOc1ccc(/C=C/C(=O)Nc2cccnc2)cc1OC. The van der Waals surface area contributed by atoms with Gasteiger partial charge in [0, 0.05) is 12.3 Å². The van der Waals surface area contributed by atoms with E-state index in [1.165, 1.54) is 6.08 Å². The molecule has 5 heteroatoms. The lowest BCUT2D eigenvalue weighted by molar-refractivity contribution is -0.111. The minimum absolute atomic E-state index is 0.217. The summed E-state index contributed by atoms with van der Waals surface area (Å²) in [7, 11) is 1.60. The van der Waals surface area contributed by atoms with E-state index in [4.69, 9.17) is 9.47 Å². The highest BCUT2D eigenvalue weighted by molar-refractivity contribution is 6.01. The number of aromatic nitrogens is 1. The normalized spacial score (nSPS) is 10.6. The average molecular weight is 326 g/mol. The molecule has 0 fully saturated rings. The second-order valence-electron chi connectivity index (χ2n) is 5.18. The first-order valence-corrected chi connectivity index (χ1v) is 7.93. The summed E-state index contributed by atoms with van der Waals surface area (Å²) in [6.07, 6.45) is 8.52. The van der Waals surface area contributed by atoms with Crippen LogP contribution in [-0.2, 0) is 4.79 Å². The summed E-state index contributed by atoms with van der Waals surface area (Å²) in [5, 5.41) is 2.74. The number of hydrogen-bond acceptors (Lipinski definition) is 4. The summed E-state index contributed by atoms with van der Waals surface area (Å²) in [5.74, 6) is 1.15. The molecule has 1 heterocycles. The molecule has 126 valence electrons. The molecule has 1 aromatic heterocycles. The van der Waals surface area contributed by atoms with Gasteiger partial charge in [0.05, 0.1) is 25.6 Å². The molecule has 0 bridgehead atoms. The fourth-order valence-corrected chi connectivity index (χ4v) is 2.03. The second kappa shape index (κ2) is 9.35. The Morgan fingerprint density at radius 2 is 2.17 bits per heavy atom. The molecule has 1 aromatic carbocycles. The van der Waals surface area contributed by atoms with Crippen LogP contribution in [0.25, 0.3) is 6.08 Å². The first-order valence-electron chi connectivity index (χ1n) is 7.93. The summed E-state index contributed by atoms with van der Waals surface area (Å²) < 4.78 is 11.0. The highest BCUT2D eigenvalue weighted by Crippen LogP contribution is 2.28. The molecule has 2 rings (SSSR count). The molecule has 2 aromatic rings. The van der Waals surface area contributed by atoms with E-state index in [2.05, 4.69) is 17.2 Å². The summed E-state index contributed by atoms with van der Waals surface area (Å²) in [6, 6.07) is 9.13.